The van der Waals surface area contributed by atoms with Crippen molar-refractivity contribution >= 4 is 23.4 Å². The van der Waals surface area contributed by atoms with Crippen molar-refractivity contribution in [1.82, 2.24) is 15.0 Å². The first-order chi connectivity index (χ1) is 14.2. The predicted molar refractivity (Wildman–Crippen MR) is 110 cm³/mol. The van der Waals surface area contributed by atoms with Gasteiger partial charge in [-0.1, -0.05) is 6.07 Å². The Morgan fingerprint density at radius 1 is 1.07 bits per heavy atom. The molecule has 0 atom stereocenters. The molecule has 1 saturated carbocycles. The minimum atomic E-state index is -0.455. The van der Waals surface area contributed by atoms with Gasteiger partial charge in [-0.3, -0.25) is 4.98 Å². The van der Waals surface area contributed by atoms with Crippen LogP contribution in [0, 0.1) is 0 Å². The van der Waals surface area contributed by atoms with Gasteiger partial charge in [0, 0.05) is 30.1 Å². The van der Waals surface area contributed by atoms with Gasteiger partial charge in [0.15, 0.2) is 0 Å². The molecule has 0 bridgehead atoms. The molecule has 0 radical (unpaired) electrons. The Kier molecular flexibility index (Phi) is 5.24. The second kappa shape index (κ2) is 8.14. The summed E-state index contributed by atoms with van der Waals surface area (Å²) in [5, 5.41) is 6.59. The van der Waals surface area contributed by atoms with Crippen molar-refractivity contribution in [1.29, 1.82) is 0 Å². The summed E-state index contributed by atoms with van der Waals surface area (Å²) in [4.78, 5) is 25.4. The van der Waals surface area contributed by atoms with Crippen molar-refractivity contribution in [3.8, 4) is 17.1 Å². The van der Waals surface area contributed by atoms with E-state index in [0.29, 0.717) is 34.8 Å². The number of carbonyl (C=O) groups excluding carboxylic acids is 1. The first-order valence-electron chi connectivity index (χ1n) is 9.26. The molecule has 1 fully saturated rings. The number of rotatable bonds is 7. The third kappa shape index (κ3) is 4.43. The average molecular weight is 391 g/mol. The molecule has 148 valence electrons. The quantitative estimate of drug-likeness (QED) is 0.589. The van der Waals surface area contributed by atoms with E-state index < -0.39 is 5.97 Å². The number of nitrogens with one attached hydrogen (secondary N) is 2. The van der Waals surface area contributed by atoms with Gasteiger partial charge in [0.05, 0.1) is 25.6 Å². The van der Waals surface area contributed by atoms with Crippen LogP contribution in [-0.4, -0.2) is 41.2 Å². The zero-order valence-corrected chi connectivity index (χ0v) is 16.2. The number of methoxy groups -OCH3 is 2. The molecule has 0 aliphatic heterocycles. The van der Waals surface area contributed by atoms with Gasteiger partial charge in [0.25, 0.3) is 0 Å². The van der Waals surface area contributed by atoms with Gasteiger partial charge in [-0.2, -0.15) is 4.98 Å². The predicted octanol–water partition coefficient (Wildman–Crippen LogP) is 3.65. The molecule has 0 spiro atoms. The van der Waals surface area contributed by atoms with Crippen molar-refractivity contribution < 1.29 is 14.3 Å². The minimum absolute atomic E-state index is 0.355. The maximum atomic E-state index is 11.9. The molecule has 2 heterocycles. The summed E-state index contributed by atoms with van der Waals surface area (Å²) in [5.74, 6) is 1.12. The molecule has 8 heteroatoms. The number of esters is 1. The summed E-state index contributed by atoms with van der Waals surface area (Å²) in [5.41, 5.74) is 2.55. The Labute approximate surface area is 168 Å². The molecule has 3 aromatic rings. The molecule has 29 heavy (non-hydrogen) atoms. The Hall–Kier alpha value is -3.68. The van der Waals surface area contributed by atoms with E-state index in [1.165, 1.54) is 14.2 Å². The Morgan fingerprint density at radius 3 is 2.62 bits per heavy atom. The van der Waals surface area contributed by atoms with Crippen molar-refractivity contribution in [2.24, 2.45) is 0 Å². The fourth-order valence-corrected chi connectivity index (χ4v) is 2.83. The van der Waals surface area contributed by atoms with E-state index >= 15 is 0 Å². The highest BCUT2D eigenvalue weighted by Gasteiger charge is 2.22. The molecule has 1 aliphatic rings. The van der Waals surface area contributed by atoms with Crippen LogP contribution < -0.4 is 15.4 Å². The number of aromatic nitrogens is 3. The Morgan fingerprint density at radius 2 is 1.93 bits per heavy atom. The molecule has 0 amide bonds. The van der Waals surface area contributed by atoms with Crippen LogP contribution in [0.25, 0.3) is 11.4 Å². The van der Waals surface area contributed by atoms with Gasteiger partial charge >= 0.3 is 5.97 Å². The lowest BCUT2D eigenvalue weighted by atomic mass is 10.1. The van der Waals surface area contributed by atoms with Crippen LogP contribution in [-0.2, 0) is 4.74 Å². The Balaban J connectivity index is 1.66. The summed E-state index contributed by atoms with van der Waals surface area (Å²) in [7, 11) is 2.84. The number of benzene rings is 1. The van der Waals surface area contributed by atoms with E-state index in [1.807, 2.05) is 24.3 Å². The van der Waals surface area contributed by atoms with Gasteiger partial charge in [0.1, 0.15) is 17.1 Å². The number of carbonyl (C=O) groups is 1. The molecule has 2 N–H and O–H groups in total. The van der Waals surface area contributed by atoms with Crippen molar-refractivity contribution in [2.45, 2.75) is 18.9 Å². The fourth-order valence-electron chi connectivity index (χ4n) is 2.83. The van der Waals surface area contributed by atoms with E-state index in [2.05, 4.69) is 25.6 Å². The van der Waals surface area contributed by atoms with Gasteiger partial charge < -0.3 is 20.1 Å². The topological polar surface area (TPSA) is 98.3 Å². The highest BCUT2D eigenvalue weighted by molar-refractivity contribution is 5.93. The lowest BCUT2D eigenvalue weighted by molar-refractivity contribution is 0.0597. The van der Waals surface area contributed by atoms with Crippen LogP contribution in [0.5, 0.6) is 5.75 Å². The second-order valence-corrected chi connectivity index (χ2v) is 6.63. The molecule has 1 aliphatic carbocycles. The third-order valence-electron chi connectivity index (χ3n) is 4.44. The van der Waals surface area contributed by atoms with Crippen LogP contribution in [0.15, 0.2) is 48.7 Å². The maximum absolute atomic E-state index is 11.9. The maximum Gasteiger partial charge on any atom is 0.341 e. The zero-order valence-electron chi connectivity index (χ0n) is 16.2. The number of pyridine rings is 1. The third-order valence-corrected chi connectivity index (χ3v) is 4.44. The van der Waals surface area contributed by atoms with Crippen LogP contribution >= 0.6 is 0 Å². The normalized spacial score (nSPS) is 12.9. The monoisotopic (exact) mass is 391 g/mol. The first kappa shape index (κ1) is 18.7. The van der Waals surface area contributed by atoms with Crippen LogP contribution in [0.1, 0.15) is 23.2 Å². The lowest BCUT2D eigenvalue weighted by Crippen LogP contribution is -2.08. The van der Waals surface area contributed by atoms with E-state index in [0.717, 1.165) is 24.2 Å². The van der Waals surface area contributed by atoms with E-state index in [-0.39, 0.29) is 0 Å². The van der Waals surface area contributed by atoms with Crippen molar-refractivity contribution in [3.63, 3.8) is 0 Å². The standard InChI is InChI=1S/C21H21N5O3/c1-28-18-11-14(8-9-15(18)20(27)29-2)23-19-12-17(16-5-3-4-10-22-16)25-21(26-19)24-13-6-7-13/h3-5,8-13H,6-7H2,1-2H3,(H2,23,24,25,26). The molecule has 8 nitrogen and oxygen atoms in total. The van der Waals surface area contributed by atoms with Gasteiger partial charge in [-0.05, 0) is 37.1 Å². The fraction of sp³-hybridized carbons (Fsp3) is 0.238. The second-order valence-electron chi connectivity index (χ2n) is 6.63. The summed E-state index contributed by atoms with van der Waals surface area (Å²) < 4.78 is 10.1. The van der Waals surface area contributed by atoms with Gasteiger partial charge in [-0.25, -0.2) is 9.78 Å². The zero-order chi connectivity index (χ0) is 20.2. The first-order valence-corrected chi connectivity index (χ1v) is 9.26. The number of hydrogen-bond acceptors (Lipinski definition) is 8. The smallest absolute Gasteiger partial charge is 0.341 e. The molecule has 4 rings (SSSR count). The van der Waals surface area contributed by atoms with E-state index in [1.54, 1.807) is 24.4 Å². The Bertz CT molecular complexity index is 1020. The average Bonchev–Trinajstić information content (AvgIpc) is 3.57. The van der Waals surface area contributed by atoms with E-state index in [4.69, 9.17) is 9.47 Å². The van der Waals surface area contributed by atoms with Crippen molar-refractivity contribution in [3.05, 3.63) is 54.2 Å². The lowest BCUT2D eigenvalue weighted by Gasteiger charge is -2.13. The van der Waals surface area contributed by atoms with Crippen molar-refractivity contribution in [2.75, 3.05) is 24.9 Å². The van der Waals surface area contributed by atoms with Crippen LogP contribution in [0.4, 0.5) is 17.5 Å². The number of anilines is 3. The van der Waals surface area contributed by atoms with Gasteiger partial charge in [0.2, 0.25) is 5.95 Å². The largest absolute Gasteiger partial charge is 0.496 e. The SMILES string of the molecule is COC(=O)c1ccc(Nc2cc(-c3ccccn3)nc(NC3CC3)n2)cc1OC. The number of hydrogen-bond donors (Lipinski definition) is 2. The summed E-state index contributed by atoms with van der Waals surface area (Å²) >= 11 is 0. The molecule has 1 aromatic carbocycles. The summed E-state index contributed by atoms with van der Waals surface area (Å²) in [6.07, 6.45) is 3.97. The summed E-state index contributed by atoms with van der Waals surface area (Å²) in [6, 6.07) is 13.1. The molecular formula is C21H21N5O3. The molecule has 0 unspecified atom stereocenters. The molecular weight excluding hydrogens is 370 g/mol. The van der Waals surface area contributed by atoms with Crippen LogP contribution in [0.2, 0.25) is 0 Å². The number of nitrogens with zero attached hydrogens (tertiary/aromatic N) is 3. The minimum Gasteiger partial charge on any atom is -0.496 e. The van der Waals surface area contributed by atoms with Crippen LogP contribution in [0.3, 0.4) is 0 Å². The highest BCUT2D eigenvalue weighted by atomic mass is 16.5. The number of ether oxygens (including phenoxy) is 2. The van der Waals surface area contributed by atoms with Gasteiger partial charge in [-0.15, -0.1) is 0 Å². The highest BCUT2D eigenvalue weighted by Crippen LogP contribution is 2.29. The molecule has 2 aromatic heterocycles. The van der Waals surface area contributed by atoms with E-state index in [9.17, 15) is 4.79 Å². The summed E-state index contributed by atoms with van der Waals surface area (Å²) in [6.45, 7) is 0. The molecule has 0 saturated heterocycles.